The molecule has 0 radical (unpaired) electrons. The van der Waals surface area contributed by atoms with Crippen LogP contribution in [0.15, 0.2) is 18.2 Å². The maximum absolute atomic E-state index is 8.71. The molecular weight excluding hydrogens is 231 g/mol. The predicted molar refractivity (Wildman–Crippen MR) is 64.5 cm³/mol. The van der Waals surface area contributed by atoms with Gasteiger partial charge in [-0.25, -0.2) is 0 Å². The molecule has 1 rings (SSSR count). The number of anilines is 1. The van der Waals surface area contributed by atoms with E-state index in [9.17, 15) is 0 Å². The first-order chi connectivity index (χ1) is 7.04. The molecule has 0 aliphatic rings. The molecule has 1 unspecified atom stereocenters. The Hall–Kier alpha value is -0.910. The van der Waals surface area contributed by atoms with Gasteiger partial charge in [-0.3, -0.25) is 0 Å². The lowest BCUT2D eigenvalue weighted by Gasteiger charge is -2.20. The maximum Gasteiger partial charge on any atom is 0.0671 e. The third kappa shape index (κ3) is 3.30. The fourth-order valence-corrected chi connectivity index (χ4v) is 1.57. The summed E-state index contributed by atoms with van der Waals surface area (Å²) in [7, 11) is 1.92. The number of halogens is 2. The molecular formula is C11H12Cl2N2. The standard InChI is InChI=1S/C11H12Cl2N2/c1-8(6-14)7-15(2)9-3-4-10(12)11(13)5-9/h3-5,8H,7H2,1-2H3. The minimum atomic E-state index is -0.00977. The van der Waals surface area contributed by atoms with E-state index >= 15 is 0 Å². The fraction of sp³-hybridized carbons (Fsp3) is 0.364. The Bertz CT molecular complexity index is 385. The highest BCUT2D eigenvalue weighted by Crippen LogP contribution is 2.26. The topological polar surface area (TPSA) is 27.0 Å². The average Bonchev–Trinajstić information content (AvgIpc) is 2.21. The zero-order valence-electron chi connectivity index (χ0n) is 8.67. The van der Waals surface area contributed by atoms with Crippen LogP contribution in [0, 0.1) is 17.2 Å². The van der Waals surface area contributed by atoms with E-state index in [1.807, 2.05) is 24.9 Å². The molecule has 0 fully saturated rings. The summed E-state index contributed by atoms with van der Waals surface area (Å²) in [5.41, 5.74) is 0.964. The summed E-state index contributed by atoms with van der Waals surface area (Å²) >= 11 is 11.7. The van der Waals surface area contributed by atoms with Gasteiger partial charge in [-0.1, -0.05) is 23.2 Å². The maximum atomic E-state index is 8.71. The molecule has 80 valence electrons. The molecule has 0 saturated heterocycles. The molecule has 0 aliphatic heterocycles. The number of benzene rings is 1. The molecule has 15 heavy (non-hydrogen) atoms. The van der Waals surface area contributed by atoms with Gasteiger partial charge < -0.3 is 4.90 Å². The first-order valence-electron chi connectivity index (χ1n) is 4.60. The molecule has 0 saturated carbocycles. The van der Waals surface area contributed by atoms with Crippen LogP contribution in [-0.2, 0) is 0 Å². The lowest BCUT2D eigenvalue weighted by atomic mass is 10.2. The largest absolute Gasteiger partial charge is 0.373 e. The number of rotatable bonds is 3. The Morgan fingerprint density at radius 3 is 2.60 bits per heavy atom. The van der Waals surface area contributed by atoms with E-state index in [-0.39, 0.29) is 5.92 Å². The van der Waals surface area contributed by atoms with Gasteiger partial charge in [-0.15, -0.1) is 0 Å². The van der Waals surface area contributed by atoms with Crippen molar-refractivity contribution in [3.05, 3.63) is 28.2 Å². The van der Waals surface area contributed by atoms with E-state index < -0.39 is 0 Å². The Labute approximate surface area is 100 Å². The summed E-state index contributed by atoms with van der Waals surface area (Å²) < 4.78 is 0. The molecule has 0 aliphatic carbocycles. The minimum absolute atomic E-state index is 0.00977. The van der Waals surface area contributed by atoms with E-state index in [1.54, 1.807) is 12.1 Å². The fourth-order valence-electron chi connectivity index (χ4n) is 1.28. The third-order valence-corrected chi connectivity index (χ3v) is 2.85. The van der Waals surface area contributed by atoms with Crippen molar-refractivity contribution in [1.29, 1.82) is 5.26 Å². The highest BCUT2D eigenvalue weighted by atomic mass is 35.5. The molecule has 0 bridgehead atoms. The van der Waals surface area contributed by atoms with Crippen molar-refractivity contribution in [2.75, 3.05) is 18.5 Å². The lowest BCUT2D eigenvalue weighted by molar-refractivity contribution is 0.716. The summed E-state index contributed by atoms with van der Waals surface area (Å²) in [6, 6.07) is 7.63. The van der Waals surface area contributed by atoms with Crippen molar-refractivity contribution in [3.8, 4) is 6.07 Å². The Morgan fingerprint density at radius 1 is 1.40 bits per heavy atom. The van der Waals surface area contributed by atoms with E-state index in [0.29, 0.717) is 16.6 Å². The first-order valence-corrected chi connectivity index (χ1v) is 5.36. The molecule has 0 spiro atoms. The quantitative estimate of drug-likeness (QED) is 0.811. The molecule has 1 aromatic rings. The summed E-state index contributed by atoms with van der Waals surface area (Å²) in [6.07, 6.45) is 0. The second-order valence-electron chi connectivity index (χ2n) is 3.51. The highest BCUT2D eigenvalue weighted by molar-refractivity contribution is 6.42. The molecule has 0 aromatic heterocycles. The SMILES string of the molecule is CC(C#N)CN(C)c1ccc(Cl)c(Cl)c1. The third-order valence-electron chi connectivity index (χ3n) is 2.11. The summed E-state index contributed by atoms with van der Waals surface area (Å²) in [5, 5.41) is 9.78. The van der Waals surface area contributed by atoms with Gasteiger partial charge in [0.05, 0.1) is 22.0 Å². The van der Waals surface area contributed by atoms with Crippen LogP contribution >= 0.6 is 23.2 Å². The van der Waals surface area contributed by atoms with Gasteiger partial charge in [-0.2, -0.15) is 5.26 Å². The van der Waals surface area contributed by atoms with Crippen LogP contribution < -0.4 is 4.90 Å². The van der Waals surface area contributed by atoms with Gasteiger partial charge in [0.2, 0.25) is 0 Å². The van der Waals surface area contributed by atoms with Crippen LogP contribution in [0.1, 0.15) is 6.92 Å². The second kappa shape index (κ2) is 5.25. The van der Waals surface area contributed by atoms with Gasteiger partial charge in [0.25, 0.3) is 0 Å². The van der Waals surface area contributed by atoms with E-state index in [0.717, 1.165) is 5.69 Å². The average molecular weight is 243 g/mol. The molecule has 0 heterocycles. The van der Waals surface area contributed by atoms with Gasteiger partial charge in [-0.05, 0) is 25.1 Å². The van der Waals surface area contributed by atoms with Crippen molar-refractivity contribution in [2.24, 2.45) is 5.92 Å². The summed E-state index contributed by atoms with van der Waals surface area (Å²) in [5.74, 6) is -0.00977. The summed E-state index contributed by atoms with van der Waals surface area (Å²) in [6.45, 7) is 2.56. The minimum Gasteiger partial charge on any atom is -0.373 e. The van der Waals surface area contributed by atoms with Crippen molar-refractivity contribution < 1.29 is 0 Å². The smallest absolute Gasteiger partial charge is 0.0671 e. The Kier molecular flexibility index (Phi) is 4.26. The number of hydrogen-bond acceptors (Lipinski definition) is 2. The van der Waals surface area contributed by atoms with E-state index in [1.165, 1.54) is 0 Å². The van der Waals surface area contributed by atoms with Crippen LogP contribution in [0.3, 0.4) is 0 Å². The normalized spacial score (nSPS) is 11.9. The molecule has 2 nitrogen and oxygen atoms in total. The van der Waals surface area contributed by atoms with Crippen LogP contribution in [-0.4, -0.2) is 13.6 Å². The van der Waals surface area contributed by atoms with E-state index in [4.69, 9.17) is 28.5 Å². The monoisotopic (exact) mass is 242 g/mol. The van der Waals surface area contributed by atoms with Crippen LogP contribution in [0.25, 0.3) is 0 Å². The van der Waals surface area contributed by atoms with Crippen molar-refractivity contribution in [1.82, 2.24) is 0 Å². The Balaban J connectivity index is 2.79. The predicted octanol–water partition coefficient (Wildman–Crippen LogP) is 3.59. The molecule has 4 heteroatoms. The number of nitriles is 1. The zero-order chi connectivity index (χ0) is 11.4. The van der Waals surface area contributed by atoms with Crippen molar-refractivity contribution >= 4 is 28.9 Å². The molecule has 0 N–H and O–H groups in total. The van der Waals surface area contributed by atoms with Crippen molar-refractivity contribution in [3.63, 3.8) is 0 Å². The van der Waals surface area contributed by atoms with Crippen LogP contribution in [0.4, 0.5) is 5.69 Å². The molecule has 1 aromatic carbocycles. The number of nitrogens with zero attached hydrogens (tertiary/aromatic N) is 2. The van der Waals surface area contributed by atoms with E-state index in [2.05, 4.69) is 6.07 Å². The second-order valence-corrected chi connectivity index (χ2v) is 4.32. The summed E-state index contributed by atoms with van der Waals surface area (Å²) in [4.78, 5) is 1.98. The Morgan fingerprint density at radius 2 is 2.07 bits per heavy atom. The van der Waals surface area contributed by atoms with Gasteiger partial charge in [0.1, 0.15) is 0 Å². The molecule has 1 atom stereocenters. The lowest BCUT2D eigenvalue weighted by Crippen LogP contribution is -2.23. The van der Waals surface area contributed by atoms with Crippen LogP contribution in [0.5, 0.6) is 0 Å². The van der Waals surface area contributed by atoms with Crippen LogP contribution in [0.2, 0.25) is 10.0 Å². The van der Waals surface area contributed by atoms with Gasteiger partial charge in [0.15, 0.2) is 0 Å². The van der Waals surface area contributed by atoms with Gasteiger partial charge >= 0.3 is 0 Å². The van der Waals surface area contributed by atoms with Crippen molar-refractivity contribution in [2.45, 2.75) is 6.92 Å². The number of hydrogen-bond donors (Lipinski definition) is 0. The molecule has 0 amide bonds. The highest BCUT2D eigenvalue weighted by Gasteiger charge is 2.07. The van der Waals surface area contributed by atoms with Gasteiger partial charge in [0, 0.05) is 19.3 Å². The zero-order valence-corrected chi connectivity index (χ0v) is 10.2. The first kappa shape index (κ1) is 12.2.